The minimum Gasteiger partial charge on any atom is -0.373 e. The third-order valence-electron chi connectivity index (χ3n) is 4.05. The standard InChI is InChI=1S/C13H27NO/c1-10-8-14(9-11(2)15-10)13(6,7)12(3,4)5/h10-11H,8-9H2,1-7H3. The molecule has 0 aromatic rings. The van der Waals surface area contributed by atoms with Crippen molar-refractivity contribution >= 4 is 0 Å². The van der Waals surface area contributed by atoms with Gasteiger partial charge in [0.15, 0.2) is 0 Å². The molecule has 0 radical (unpaired) electrons. The zero-order valence-corrected chi connectivity index (χ0v) is 11.4. The smallest absolute Gasteiger partial charge is 0.0678 e. The molecule has 1 heterocycles. The quantitative estimate of drug-likeness (QED) is 0.664. The van der Waals surface area contributed by atoms with E-state index in [2.05, 4.69) is 53.4 Å². The van der Waals surface area contributed by atoms with Gasteiger partial charge in [0.1, 0.15) is 0 Å². The second-order valence-corrected chi connectivity index (χ2v) is 6.47. The lowest BCUT2D eigenvalue weighted by atomic mass is 9.74. The van der Waals surface area contributed by atoms with Crippen LogP contribution in [0.2, 0.25) is 0 Å². The molecule has 0 aromatic heterocycles. The Hall–Kier alpha value is -0.0800. The van der Waals surface area contributed by atoms with E-state index >= 15 is 0 Å². The lowest BCUT2D eigenvalue weighted by Gasteiger charge is -2.51. The van der Waals surface area contributed by atoms with E-state index in [4.69, 9.17) is 4.74 Å². The molecule has 1 fully saturated rings. The summed E-state index contributed by atoms with van der Waals surface area (Å²) in [7, 11) is 0. The van der Waals surface area contributed by atoms with Crippen LogP contribution in [0.5, 0.6) is 0 Å². The first kappa shape index (κ1) is 13.0. The number of morpholine rings is 1. The summed E-state index contributed by atoms with van der Waals surface area (Å²) in [6.45, 7) is 18.1. The van der Waals surface area contributed by atoms with Crippen LogP contribution >= 0.6 is 0 Å². The Balaban J connectivity index is 2.78. The zero-order chi connectivity index (χ0) is 11.9. The highest BCUT2D eigenvalue weighted by Crippen LogP contribution is 2.36. The molecule has 0 spiro atoms. The molecule has 90 valence electrons. The first-order valence-electron chi connectivity index (χ1n) is 6.05. The molecule has 1 aliphatic rings. The Morgan fingerprint density at radius 1 is 0.933 bits per heavy atom. The Morgan fingerprint density at radius 3 is 1.67 bits per heavy atom. The predicted molar refractivity (Wildman–Crippen MR) is 65.1 cm³/mol. The van der Waals surface area contributed by atoms with Crippen LogP contribution in [0.1, 0.15) is 48.5 Å². The van der Waals surface area contributed by atoms with Crippen molar-refractivity contribution in [1.29, 1.82) is 0 Å². The number of ether oxygens (including phenoxy) is 1. The first-order chi connectivity index (χ1) is 6.64. The summed E-state index contributed by atoms with van der Waals surface area (Å²) in [5.41, 5.74) is 0.517. The van der Waals surface area contributed by atoms with Gasteiger partial charge < -0.3 is 4.74 Å². The van der Waals surface area contributed by atoms with Gasteiger partial charge in [-0.25, -0.2) is 0 Å². The molecule has 0 bridgehead atoms. The highest BCUT2D eigenvalue weighted by Gasteiger charge is 2.41. The molecule has 1 aliphatic heterocycles. The van der Waals surface area contributed by atoms with E-state index in [-0.39, 0.29) is 5.54 Å². The Morgan fingerprint density at radius 2 is 1.33 bits per heavy atom. The fourth-order valence-corrected chi connectivity index (χ4v) is 2.11. The van der Waals surface area contributed by atoms with Crippen molar-refractivity contribution in [3.8, 4) is 0 Å². The van der Waals surface area contributed by atoms with Gasteiger partial charge in [-0.15, -0.1) is 0 Å². The summed E-state index contributed by atoms with van der Waals surface area (Å²) >= 11 is 0. The molecule has 0 saturated carbocycles. The highest BCUT2D eigenvalue weighted by atomic mass is 16.5. The van der Waals surface area contributed by atoms with Gasteiger partial charge in [0.05, 0.1) is 12.2 Å². The number of hydrogen-bond donors (Lipinski definition) is 0. The van der Waals surface area contributed by atoms with Crippen LogP contribution in [0.4, 0.5) is 0 Å². The maximum atomic E-state index is 5.78. The van der Waals surface area contributed by atoms with E-state index in [9.17, 15) is 0 Å². The third kappa shape index (κ3) is 2.73. The van der Waals surface area contributed by atoms with Gasteiger partial charge in [-0.3, -0.25) is 4.90 Å². The summed E-state index contributed by atoms with van der Waals surface area (Å²) in [4.78, 5) is 2.58. The molecule has 2 heteroatoms. The normalized spacial score (nSPS) is 30.6. The molecule has 0 amide bonds. The van der Waals surface area contributed by atoms with Gasteiger partial charge in [-0.1, -0.05) is 20.8 Å². The summed E-state index contributed by atoms with van der Waals surface area (Å²) < 4.78 is 5.78. The molecule has 2 nitrogen and oxygen atoms in total. The summed E-state index contributed by atoms with van der Waals surface area (Å²) in [5.74, 6) is 0. The minimum atomic E-state index is 0.222. The molecule has 0 aromatic carbocycles. The Kier molecular flexibility index (Phi) is 3.52. The van der Waals surface area contributed by atoms with E-state index in [1.54, 1.807) is 0 Å². The van der Waals surface area contributed by atoms with Crippen LogP contribution in [0.15, 0.2) is 0 Å². The molecule has 2 atom stereocenters. The third-order valence-corrected chi connectivity index (χ3v) is 4.05. The Bertz CT molecular complexity index is 207. The molecule has 15 heavy (non-hydrogen) atoms. The molecule has 0 N–H and O–H groups in total. The van der Waals surface area contributed by atoms with Gasteiger partial charge in [0, 0.05) is 18.6 Å². The highest BCUT2D eigenvalue weighted by molar-refractivity contribution is 4.95. The van der Waals surface area contributed by atoms with Gasteiger partial charge >= 0.3 is 0 Å². The van der Waals surface area contributed by atoms with Crippen molar-refractivity contribution in [2.75, 3.05) is 13.1 Å². The maximum Gasteiger partial charge on any atom is 0.0678 e. The van der Waals surface area contributed by atoms with Gasteiger partial charge in [-0.05, 0) is 33.1 Å². The number of rotatable bonds is 1. The van der Waals surface area contributed by atoms with Gasteiger partial charge in [0.2, 0.25) is 0 Å². The Labute approximate surface area is 95.0 Å². The lowest BCUT2D eigenvalue weighted by Crippen LogP contribution is -2.59. The summed E-state index contributed by atoms with van der Waals surface area (Å²) in [6.07, 6.45) is 0.714. The van der Waals surface area contributed by atoms with Crippen LogP contribution in [-0.2, 0) is 4.74 Å². The second-order valence-electron chi connectivity index (χ2n) is 6.47. The largest absolute Gasteiger partial charge is 0.373 e. The first-order valence-corrected chi connectivity index (χ1v) is 6.05. The van der Waals surface area contributed by atoms with E-state index in [1.165, 1.54) is 0 Å². The SMILES string of the molecule is CC1CN(C(C)(C)C(C)(C)C)CC(C)O1. The molecular formula is C13H27NO. The van der Waals surface area contributed by atoms with Crippen molar-refractivity contribution in [1.82, 2.24) is 4.90 Å². The number of nitrogens with zero attached hydrogens (tertiary/aromatic N) is 1. The van der Waals surface area contributed by atoms with Crippen molar-refractivity contribution in [2.45, 2.75) is 66.2 Å². The fraction of sp³-hybridized carbons (Fsp3) is 1.00. The van der Waals surface area contributed by atoms with Crippen LogP contribution in [0.25, 0.3) is 0 Å². The van der Waals surface area contributed by atoms with E-state index < -0.39 is 0 Å². The van der Waals surface area contributed by atoms with Crippen LogP contribution in [0.3, 0.4) is 0 Å². The number of hydrogen-bond acceptors (Lipinski definition) is 2. The van der Waals surface area contributed by atoms with E-state index in [0.717, 1.165) is 13.1 Å². The molecule has 0 aliphatic carbocycles. The van der Waals surface area contributed by atoms with Crippen molar-refractivity contribution < 1.29 is 4.74 Å². The topological polar surface area (TPSA) is 12.5 Å². The average Bonchev–Trinajstić information content (AvgIpc) is 1.99. The molecular weight excluding hydrogens is 186 g/mol. The van der Waals surface area contributed by atoms with E-state index in [1.807, 2.05) is 0 Å². The zero-order valence-electron chi connectivity index (χ0n) is 11.4. The summed E-state index contributed by atoms with van der Waals surface area (Å²) in [6, 6.07) is 0. The van der Waals surface area contributed by atoms with Crippen LogP contribution in [-0.4, -0.2) is 35.7 Å². The predicted octanol–water partition coefficient (Wildman–Crippen LogP) is 2.92. The maximum absolute atomic E-state index is 5.78. The van der Waals surface area contributed by atoms with Crippen molar-refractivity contribution in [3.05, 3.63) is 0 Å². The van der Waals surface area contributed by atoms with Crippen molar-refractivity contribution in [2.24, 2.45) is 5.41 Å². The fourth-order valence-electron chi connectivity index (χ4n) is 2.11. The van der Waals surface area contributed by atoms with Gasteiger partial charge in [0.25, 0.3) is 0 Å². The molecule has 1 saturated heterocycles. The lowest BCUT2D eigenvalue weighted by molar-refractivity contribution is -0.116. The van der Waals surface area contributed by atoms with Gasteiger partial charge in [-0.2, -0.15) is 0 Å². The van der Waals surface area contributed by atoms with E-state index in [0.29, 0.717) is 17.6 Å². The minimum absolute atomic E-state index is 0.222. The van der Waals surface area contributed by atoms with Crippen molar-refractivity contribution in [3.63, 3.8) is 0 Å². The molecule has 1 rings (SSSR count). The average molecular weight is 213 g/mol. The van der Waals surface area contributed by atoms with Crippen LogP contribution in [0, 0.1) is 5.41 Å². The van der Waals surface area contributed by atoms with Crippen LogP contribution < -0.4 is 0 Å². The second kappa shape index (κ2) is 4.06. The summed E-state index contributed by atoms with van der Waals surface area (Å²) in [5, 5.41) is 0. The molecule has 2 unspecified atom stereocenters. The monoisotopic (exact) mass is 213 g/mol.